The summed E-state index contributed by atoms with van der Waals surface area (Å²) in [5, 5.41) is 11.4. The third-order valence-corrected chi connectivity index (χ3v) is 1.98. The second kappa shape index (κ2) is 7.37. The molecule has 0 aliphatic carbocycles. The third kappa shape index (κ3) is 5.38. The number of rotatable bonds is 5. The first-order valence-electron chi connectivity index (χ1n) is 4.01. The lowest BCUT2D eigenvalue weighted by atomic mass is 10.00. The molecule has 0 heterocycles. The normalized spacial score (nSPS) is 14.6. The van der Waals surface area contributed by atoms with Crippen molar-refractivity contribution in [3.05, 3.63) is 0 Å². The Morgan fingerprint density at radius 3 is 2.33 bits per heavy atom. The molecule has 74 valence electrons. The van der Waals surface area contributed by atoms with Gasteiger partial charge in [-0.2, -0.15) is 0 Å². The van der Waals surface area contributed by atoms with Gasteiger partial charge in [-0.1, -0.05) is 20.3 Å². The predicted octanol–water partition coefficient (Wildman–Crippen LogP) is 1.52. The van der Waals surface area contributed by atoms with Crippen LogP contribution in [0.2, 0.25) is 0 Å². The Balaban J connectivity index is 0. The SMILES string of the molecule is CCC(C)C[C@H](NC)C(=O)O.Cl. The van der Waals surface area contributed by atoms with Crippen molar-refractivity contribution in [1.29, 1.82) is 0 Å². The van der Waals surface area contributed by atoms with Crippen LogP contribution >= 0.6 is 12.4 Å². The highest BCUT2D eigenvalue weighted by molar-refractivity contribution is 5.85. The molecule has 3 nitrogen and oxygen atoms in total. The third-order valence-electron chi connectivity index (χ3n) is 1.98. The molecule has 0 radical (unpaired) electrons. The molecule has 0 rings (SSSR count). The van der Waals surface area contributed by atoms with Crippen molar-refractivity contribution in [2.75, 3.05) is 7.05 Å². The molecule has 0 amide bonds. The fraction of sp³-hybridized carbons (Fsp3) is 0.875. The standard InChI is InChI=1S/C8H17NO2.ClH/c1-4-6(2)5-7(9-3)8(10)11;/h6-7,9H,4-5H2,1-3H3,(H,10,11);1H/t6?,7-;/m0./s1. The van der Waals surface area contributed by atoms with Crippen molar-refractivity contribution in [1.82, 2.24) is 5.32 Å². The van der Waals surface area contributed by atoms with Gasteiger partial charge in [-0.15, -0.1) is 12.4 Å². The zero-order valence-electron chi connectivity index (χ0n) is 7.83. The molecule has 4 heteroatoms. The Kier molecular flexibility index (Phi) is 8.76. The topological polar surface area (TPSA) is 49.3 Å². The molecule has 0 aromatic heterocycles. The molecule has 12 heavy (non-hydrogen) atoms. The van der Waals surface area contributed by atoms with Crippen molar-refractivity contribution < 1.29 is 9.90 Å². The maximum absolute atomic E-state index is 10.5. The summed E-state index contributed by atoms with van der Waals surface area (Å²) in [4.78, 5) is 10.5. The number of carboxylic acid groups (broad SMARTS) is 1. The molecule has 0 saturated heterocycles. The van der Waals surface area contributed by atoms with Crippen LogP contribution in [0.15, 0.2) is 0 Å². The van der Waals surface area contributed by atoms with E-state index < -0.39 is 5.97 Å². The second-order valence-electron chi connectivity index (χ2n) is 2.93. The molecule has 2 atom stereocenters. The van der Waals surface area contributed by atoms with Gasteiger partial charge in [0, 0.05) is 0 Å². The summed E-state index contributed by atoms with van der Waals surface area (Å²) in [6.45, 7) is 4.13. The minimum absolute atomic E-state index is 0. The van der Waals surface area contributed by atoms with Gasteiger partial charge in [0.15, 0.2) is 0 Å². The molecule has 0 aromatic rings. The van der Waals surface area contributed by atoms with Crippen LogP contribution in [0, 0.1) is 5.92 Å². The molecule has 0 fully saturated rings. The lowest BCUT2D eigenvalue weighted by Gasteiger charge is -2.14. The molecule has 0 aromatic carbocycles. The highest BCUT2D eigenvalue weighted by Crippen LogP contribution is 2.09. The molecule has 0 bridgehead atoms. The lowest BCUT2D eigenvalue weighted by molar-refractivity contribution is -0.139. The summed E-state index contributed by atoms with van der Waals surface area (Å²) >= 11 is 0. The highest BCUT2D eigenvalue weighted by Gasteiger charge is 2.16. The van der Waals surface area contributed by atoms with Crippen molar-refractivity contribution >= 4 is 18.4 Å². The largest absolute Gasteiger partial charge is 0.480 e. The van der Waals surface area contributed by atoms with E-state index in [1.807, 2.05) is 0 Å². The number of nitrogens with one attached hydrogen (secondary N) is 1. The summed E-state index contributed by atoms with van der Waals surface area (Å²) in [6, 6.07) is -0.384. The Bertz CT molecular complexity index is 130. The Labute approximate surface area is 80.0 Å². The van der Waals surface area contributed by atoms with Crippen molar-refractivity contribution in [2.24, 2.45) is 5.92 Å². The number of carboxylic acids is 1. The quantitative estimate of drug-likeness (QED) is 0.700. The Morgan fingerprint density at radius 1 is 1.58 bits per heavy atom. The maximum atomic E-state index is 10.5. The summed E-state index contributed by atoms with van der Waals surface area (Å²) in [6.07, 6.45) is 1.74. The van der Waals surface area contributed by atoms with Gasteiger partial charge in [-0.05, 0) is 19.4 Å². The van der Waals surface area contributed by atoms with Gasteiger partial charge in [0.25, 0.3) is 0 Å². The zero-order chi connectivity index (χ0) is 8.85. The fourth-order valence-electron chi connectivity index (χ4n) is 0.911. The lowest BCUT2D eigenvalue weighted by Crippen LogP contribution is -2.35. The van der Waals surface area contributed by atoms with E-state index in [2.05, 4.69) is 19.2 Å². The fourth-order valence-corrected chi connectivity index (χ4v) is 0.911. The Morgan fingerprint density at radius 2 is 2.08 bits per heavy atom. The molecular weight excluding hydrogens is 178 g/mol. The van der Waals surface area contributed by atoms with Crippen LogP contribution in [0.25, 0.3) is 0 Å². The summed E-state index contributed by atoms with van der Waals surface area (Å²) in [5.41, 5.74) is 0. The minimum atomic E-state index is -0.757. The van der Waals surface area contributed by atoms with Gasteiger partial charge < -0.3 is 10.4 Å². The molecule has 0 spiro atoms. The van der Waals surface area contributed by atoms with Gasteiger partial charge in [-0.25, -0.2) is 0 Å². The van der Waals surface area contributed by atoms with Crippen LogP contribution < -0.4 is 5.32 Å². The number of carbonyl (C=O) groups is 1. The number of halogens is 1. The highest BCUT2D eigenvalue weighted by atomic mass is 35.5. The van der Waals surface area contributed by atoms with Crippen LogP contribution in [-0.4, -0.2) is 24.2 Å². The van der Waals surface area contributed by atoms with E-state index >= 15 is 0 Å². The zero-order valence-corrected chi connectivity index (χ0v) is 8.65. The van der Waals surface area contributed by atoms with Crippen molar-refractivity contribution in [3.63, 3.8) is 0 Å². The number of likely N-dealkylation sites (N-methyl/N-ethyl adjacent to an activating group) is 1. The molecule has 0 saturated carbocycles. The van der Waals surface area contributed by atoms with Crippen LogP contribution in [0.5, 0.6) is 0 Å². The van der Waals surface area contributed by atoms with E-state index in [0.29, 0.717) is 12.3 Å². The van der Waals surface area contributed by atoms with Crippen LogP contribution in [0.1, 0.15) is 26.7 Å². The van der Waals surface area contributed by atoms with E-state index in [4.69, 9.17) is 5.11 Å². The number of hydrogen-bond donors (Lipinski definition) is 2. The van der Waals surface area contributed by atoms with E-state index in [1.54, 1.807) is 7.05 Å². The van der Waals surface area contributed by atoms with Crippen molar-refractivity contribution in [3.8, 4) is 0 Å². The Hall–Kier alpha value is -0.280. The minimum Gasteiger partial charge on any atom is -0.480 e. The van der Waals surface area contributed by atoms with Gasteiger partial charge in [0.05, 0.1) is 0 Å². The van der Waals surface area contributed by atoms with Gasteiger partial charge in [0.1, 0.15) is 6.04 Å². The van der Waals surface area contributed by atoms with Crippen molar-refractivity contribution in [2.45, 2.75) is 32.7 Å². The van der Waals surface area contributed by atoms with Crippen LogP contribution in [0.3, 0.4) is 0 Å². The van der Waals surface area contributed by atoms with E-state index in [0.717, 1.165) is 6.42 Å². The maximum Gasteiger partial charge on any atom is 0.320 e. The second-order valence-corrected chi connectivity index (χ2v) is 2.93. The van der Waals surface area contributed by atoms with Gasteiger partial charge >= 0.3 is 5.97 Å². The van der Waals surface area contributed by atoms with Gasteiger partial charge in [-0.3, -0.25) is 4.79 Å². The molecule has 1 unspecified atom stereocenters. The number of aliphatic carboxylic acids is 1. The molecule has 2 N–H and O–H groups in total. The smallest absolute Gasteiger partial charge is 0.320 e. The first kappa shape index (κ1) is 14.3. The summed E-state index contributed by atoms with van der Waals surface area (Å²) in [5.74, 6) is -0.281. The first-order chi connectivity index (χ1) is 5.11. The molecular formula is C8H18ClNO2. The number of hydrogen-bond acceptors (Lipinski definition) is 2. The van der Waals surface area contributed by atoms with Crippen LogP contribution in [-0.2, 0) is 4.79 Å². The summed E-state index contributed by atoms with van der Waals surface area (Å²) in [7, 11) is 1.68. The summed E-state index contributed by atoms with van der Waals surface area (Å²) < 4.78 is 0. The van der Waals surface area contributed by atoms with E-state index in [9.17, 15) is 4.79 Å². The average Bonchev–Trinajstić information content (AvgIpc) is 1.99. The van der Waals surface area contributed by atoms with E-state index in [1.165, 1.54) is 0 Å². The average molecular weight is 196 g/mol. The molecule has 0 aliphatic rings. The monoisotopic (exact) mass is 195 g/mol. The first-order valence-corrected chi connectivity index (χ1v) is 4.01. The van der Waals surface area contributed by atoms with E-state index in [-0.39, 0.29) is 18.4 Å². The molecule has 0 aliphatic heterocycles. The van der Waals surface area contributed by atoms with Gasteiger partial charge in [0.2, 0.25) is 0 Å². The predicted molar refractivity (Wildman–Crippen MR) is 51.8 cm³/mol. The van der Waals surface area contributed by atoms with Crippen LogP contribution in [0.4, 0.5) is 0 Å².